The van der Waals surface area contributed by atoms with Crippen molar-refractivity contribution in [3.8, 4) is 0 Å². The predicted octanol–water partition coefficient (Wildman–Crippen LogP) is 2.15. The molecule has 5 heteroatoms. The van der Waals surface area contributed by atoms with Gasteiger partial charge < -0.3 is 15.1 Å². The molecule has 0 aliphatic carbocycles. The molecule has 0 unspecified atom stereocenters. The minimum absolute atomic E-state index is 0.187. The minimum atomic E-state index is -0.694. The van der Waals surface area contributed by atoms with Gasteiger partial charge in [-0.25, -0.2) is 0 Å². The second-order valence-electron chi connectivity index (χ2n) is 4.59. The largest absolute Gasteiger partial charge is 0.467 e. The molecule has 20 heavy (non-hydrogen) atoms. The van der Waals surface area contributed by atoms with E-state index in [2.05, 4.69) is 10.6 Å². The van der Waals surface area contributed by atoms with Crippen LogP contribution in [0.3, 0.4) is 0 Å². The molecule has 0 radical (unpaired) electrons. The summed E-state index contributed by atoms with van der Waals surface area (Å²) in [5, 5.41) is 5.06. The third-order valence-corrected chi connectivity index (χ3v) is 2.69. The van der Waals surface area contributed by atoms with Gasteiger partial charge in [0.05, 0.1) is 12.8 Å². The van der Waals surface area contributed by atoms with E-state index in [1.54, 1.807) is 12.1 Å². The summed E-state index contributed by atoms with van der Waals surface area (Å²) in [4.78, 5) is 23.4. The van der Waals surface area contributed by atoms with Crippen LogP contribution in [-0.4, -0.2) is 11.8 Å². The number of hydrogen-bond donors (Lipinski definition) is 2. The maximum absolute atomic E-state index is 11.7. The Bertz CT molecular complexity index is 598. The number of aryl methyl sites for hydroxylation is 2. The minimum Gasteiger partial charge on any atom is -0.467 e. The molecule has 0 aliphatic heterocycles. The van der Waals surface area contributed by atoms with Crippen molar-refractivity contribution in [1.82, 2.24) is 5.32 Å². The highest BCUT2D eigenvalue weighted by atomic mass is 16.3. The molecule has 0 spiro atoms. The molecule has 0 aliphatic rings. The Balaban J connectivity index is 1.92. The molecule has 2 rings (SSSR count). The lowest BCUT2D eigenvalue weighted by Gasteiger charge is -2.07. The second kappa shape index (κ2) is 6.06. The number of anilines is 1. The van der Waals surface area contributed by atoms with E-state index < -0.39 is 11.8 Å². The Labute approximate surface area is 117 Å². The van der Waals surface area contributed by atoms with Gasteiger partial charge in [-0.15, -0.1) is 0 Å². The van der Waals surface area contributed by atoms with Gasteiger partial charge in [0.15, 0.2) is 0 Å². The molecule has 2 aromatic rings. The molecule has 1 aromatic carbocycles. The molecule has 2 amide bonds. The first kappa shape index (κ1) is 13.9. The van der Waals surface area contributed by atoms with Crippen LogP contribution in [0.15, 0.2) is 41.0 Å². The quantitative estimate of drug-likeness (QED) is 0.841. The van der Waals surface area contributed by atoms with Crippen LogP contribution < -0.4 is 10.6 Å². The van der Waals surface area contributed by atoms with E-state index >= 15 is 0 Å². The molecular weight excluding hydrogens is 256 g/mol. The normalized spacial score (nSPS) is 10.1. The maximum atomic E-state index is 11.7. The number of nitrogens with one attached hydrogen (secondary N) is 2. The van der Waals surface area contributed by atoms with Crippen LogP contribution in [-0.2, 0) is 16.1 Å². The van der Waals surface area contributed by atoms with Gasteiger partial charge in [0.2, 0.25) is 0 Å². The van der Waals surface area contributed by atoms with E-state index in [1.165, 1.54) is 6.26 Å². The van der Waals surface area contributed by atoms with Gasteiger partial charge in [0.25, 0.3) is 0 Å². The fourth-order valence-corrected chi connectivity index (χ4v) is 1.90. The van der Waals surface area contributed by atoms with Crippen LogP contribution >= 0.6 is 0 Å². The van der Waals surface area contributed by atoms with E-state index in [1.807, 2.05) is 32.0 Å². The van der Waals surface area contributed by atoms with E-state index in [0.717, 1.165) is 11.1 Å². The molecular formula is C15H16N2O3. The van der Waals surface area contributed by atoms with Crippen LogP contribution in [0.4, 0.5) is 5.69 Å². The van der Waals surface area contributed by atoms with E-state index in [-0.39, 0.29) is 6.54 Å². The standard InChI is InChI=1S/C15H16N2O3/c1-10-6-11(2)8-12(7-10)17-15(19)14(18)16-9-13-4-3-5-20-13/h3-8H,9H2,1-2H3,(H,16,18)(H,17,19). The summed E-state index contributed by atoms with van der Waals surface area (Å²) in [6.07, 6.45) is 1.51. The third-order valence-electron chi connectivity index (χ3n) is 2.69. The van der Waals surface area contributed by atoms with Crippen LogP contribution in [0.25, 0.3) is 0 Å². The fraction of sp³-hybridized carbons (Fsp3) is 0.200. The summed E-state index contributed by atoms with van der Waals surface area (Å²) in [5.74, 6) is -0.792. The molecule has 0 atom stereocenters. The fourth-order valence-electron chi connectivity index (χ4n) is 1.90. The Hall–Kier alpha value is -2.56. The van der Waals surface area contributed by atoms with Crippen molar-refractivity contribution in [1.29, 1.82) is 0 Å². The number of amides is 2. The zero-order valence-electron chi connectivity index (χ0n) is 11.4. The average molecular weight is 272 g/mol. The van der Waals surface area contributed by atoms with Crippen molar-refractivity contribution < 1.29 is 14.0 Å². The van der Waals surface area contributed by atoms with Gasteiger partial charge in [-0.05, 0) is 49.2 Å². The van der Waals surface area contributed by atoms with Gasteiger partial charge in [-0.1, -0.05) is 6.07 Å². The smallest absolute Gasteiger partial charge is 0.313 e. The number of furan rings is 1. The number of carbonyl (C=O) groups excluding carboxylic acids is 2. The Morgan fingerprint density at radius 1 is 1.10 bits per heavy atom. The monoisotopic (exact) mass is 272 g/mol. The highest BCUT2D eigenvalue weighted by Crippen LogP contribution is 2.13. The first-order valence-corrected chi connectivity index (χ1v) is 6.24. The summed E-state index contributed by atoms with van der Waals surface area (Å²) in [6, 6.07) is 9.06. The van der Waals surface area contributed by atoms with Gasteiger partial charge in [-0.2, -0.15) is 0 Å². The Morgan fingerprint density at radius 2 is 1.80 bits per heavy atom. The molecule has 0 saturated heterocycles. The molecule has 0 fully saturated rings. The summed E-state index contributed by atoms with van der Waals surface area (Å²) >= 11 is 0. The van der Waals surface area contributed by atoms with Gasteiger partial charge in [-0.3, -0.25) is 9.59 Å². The second-order valence-corrected chi connectivity index (χ2v) is 4.59. The summed E-state index contributed by atoms with van der Waals surface area (Å²) < 4.78 is 5.07. The van der Waals surface area contributed by atoms with Crippen LogP contribution in [0.1, 0.15) is 16.9 Å². The Morgan fingerprint density at radius 3 is 2.40 bits per heavy atom. The Kier molecular flexibility index (Phi) is 4.20. The summed E-state index contributed by atoms with van der Waals surface area (Å²) in [5.41, 5.74) is 2.66. The van der Waals surface area contributed by atoms with Gasteiger partial charge in [0, 0.05) is 5.69 Å². The SMILES string of the molecule is Cc1cc(C)cc(NC(=O)C(=O)NCc2ccco2)c1. The van der Waals surface area contributed by atoms with Gasteiger partial charge in [0.1, 0.15) is 5.76 Å². The number of carbonyl (C=O) groups is 2. The van der Waals surface area contributed by atoms with Crippen molar-refractivity contribution in [2.24, 2.45) is 0 Å². The first-order valence-electron chi connectivity index (χ1n) is 6.24. The number of benzene rings is 1. The highest BCUT2D eigenvalue weighted by Gasteiger charge is 2.14. The topological polar surface area (TPSA) is 71.3 Å². The number of rotatable bonds is 3. The van der Waals surface area contributed by atoms with Crippen LogP contribution in [0.5, 0.6) is 0 Å². The zero-order valence-corrected chi connectivity index (χ0v) is 11.4. The van der Waals surface area contributed by atoms with Crippen molar-refractivity contribution in [2.45, 2.75) is 20.4 Å². The highest BCUT2D eigenvalue weighted by molar-refractivity contribution is 6.39. The molecule has 104 valence electrons. The summed E-state index contributed by atoms with van der Waals surface area (Å²) in [7, 11) is 0. The van der Waals surface area contributed by atoms with E-state index in [0.29, 0.717) is 11.4 Å². The van der Waals surface area contributed by atoms with Crippen molar-refractivity contribution in [3.63, 3.8) is 0 Å². The molecule has 0 bridgehead atoms. The zero-order chi connectivity index (χ0) is 14.5. The lowest BCUT2D eigenvalue weighted by molar-refractivity contribution is -0.136. The third kappa shape index (κ3) is 3.71. The van der Waals surface area contributed by atoms with E-state index in [9.17, 15) is 9.59 Å². The molecule has 2 N–H and O–H groups in total. The van der Waals surface area contributed by atoms with Crippen LogP contribution in [0, 0.1) is 13.8 Å². The van der Waals surface area contributed by atoms with Gasteiger partial charge >= 0.3 is 11.8 Å². The molecule has 5 nitrogen and oxygen atoms in total. The summed E-state index contributed by atoms with van der Waals surface area (Å²) in [6.45, 7) is 4.05. The van der Waals surface area contributed by atoms with Crippen molar-refractivity contribution in [2.75, 3.05) is 5.32 Å². The van der Waals surface area contributed by atoms with Crippen LogP contribution in [0.2, 0.25) is 0 Å². The predicted molar refractivity (Wildman–Crippen MR) is 75.1 cm³/mol. The molecule has 1 heterocycles. The molecule has 0 saturated carbocycles. The van der Waals surface area contributed by atoms with Crippen molar-refractivity contribution in [3.05, 3.63) is 53.5 Å². The average Bonchev–Trinajstić information content (AvgIpc) is 2.87. The maximum Gasteiger partial charge on any atom is 0.313 e. The lowest BCUT2D eigenvalue weighted by Crippen LogP contribution is -2.34. The first-order chi connectivity index (χ1) is 9.54. The number of hydrogen-bond acceptors (Lipinski definition) is 3. The van der Waals surface area contributed by atoms with Crippen molar-refractivity contribution >= 4 is 17.5 Å². The molecule has 1 aromatic heterocycles. The van der Waals surface area contributed by atoms with E-state index in [4.69, 9.17) is 4.42 Å². The lowest BCUT2D eigenvalue weighted by atomic mass is 10.1.